The molecule has 112 valence electrons. The molecule has 0 atom stereocenters. The van der Waals surface area contributed by atoms with E-state index in [0.29, 0.717) is 5.56 Å². The van der Waals surface area contributed by atoms with Gasteiger partial charge in [-0.15, -0.1) is 0 Å². The van der Waals surface area contributed by atoms with E-state index in [1.165, 1.54) is 14.2 Å². The van der Waals surface area contributed by atoms with Gasteiger partial charge >= 0.3 is 0 Å². The first kappa shape index (κ1) is 16.7. The van der Waals surface area contributed by atoms with E-state index < -0.39 is 5.91 Å². The normalized spacial score (nSPS) is 9.52. The van der Waals surface area contributed by atoms with E-state index >= 15 is 0 Å². The van der Waals surface area contributed by atoms with Crippen LogP contribution in [0.15, 0.2) is 48.5 Å². The molecule has 2 aromatic rings. The summed E-state index contributed by atoms with van der Waals surface area (Å²) in [7, 11) is 2.90. The zero-order valence-electron chi connectivity index (χ0n) is 12.8. The second-order valence-corrected chi connectivity index (χ2v) is 4.05. The lowest BCUT2D eigenvalue weighted by molar-refractivity contribution is -0.0758. The van der Waals surface area contributed by atoms with E-state index in [1.807, 2.05) is 44.2 Å². The second-order valence-electron chi connectivity index (χ2n) is 4.05. The minimum absolute atomic E-state index is 0.0393. The number of aromatic hydroxyl groups is 1. The Balaban J connectivity index is 0.00000106. The molecule has 21 heavy (non-hydrogen) atoms. The molecule has 0 saturated carbocycles. The van der Waals surface area contributed by atoms with Crippen LogP contribution in [0.4, 0.5) is 0 Å². The summed E-state index contributed by atoms with van der Waals surface area (Å²) in [6.07, 6.45) is 0. The molecule has 0 aliphatic carbocycles. The van der Waals surface area contributed by atoms with Gasteiger partial charge in [-0.25, -0.2) is 5.06 Å². The number of carbonyl (C=O) groups is 1. The molecule has 2 rings (SSSR count). The molecule has 1 N–H and O–H groups in total. The molecular weight excluding hydrogens is 266 g/mol. The minimum Gasteiger partial charge on any atom is -0.506 e. The third-order valence-corrected chi connectivity index (χ3v) is 2.91. The van der Waals surface area contributed by atoms with Gasteiger partial charge in [0.25, 0.3) is 5.91 Å². The van der Waals surface area contributed by atoms with Crippen LogP contribution in [0.3, 0.4) is 0 Å². The fraction of sp³-hybridized carbons (Fsp3) is 0.235. The first-order valence-corrected chi connectivity index (χ1v) is 6.84. The highest BCUT2D eigenvalue weighted by molar-refractivity contribution is 5.98. The van der Waals surface area contributed by atoms with Crippen molar-refractivity contribution in [1.29, 1.82) is 0 Å². The molecule has 0 spiro atoms. The summed E-state index contributed by atoms with van der Waals surface area (Å²) in [4.78, 5) is 16.9. The summed E-state index contributed by atoms with van der Waals surface area (Å²) < 4.78 is 0. The maximum absolute atomic E-state index is 12.0. The molecule has 0 radical (unpaired) electrons. The lowest BCUT2D eigenvalue weighted by Gasteiger charge is -2.15. The predicted molar refractivity (Wildman–Crippen MR) is 84.0 cm³/mol. The third kappa shape index (κ3) is 3.83. The Bertz CT molecular complexity index is 582. The number of hydroxylamine groups is 2. The molecule has 0 unspecified atom stereocenters. The number of para-hydroxylation sites is 1. The number of rotatable bonds is 3. The van der Waals surface area contributed by atoms with Crippen LogP contribution >= 0.6 is 0 Å². The molecule has 2 aromatic carbocycles. The van der Waals surface area contributed by atoms with Crippen molar-refractivity contribution in [2.75, 3.05) is 14.2 Å². The zero-order chi connectivity index (χ0) is 15.8. The summed E-state index contributed by atoms with van der Waals surface area (Å²) in [6, 6.07) is 14.5. The highest BCUT2D eigenvalue weighted by Crippen LogP contribution is 2.32. The van der Waals surface area contributed by atoms with Crippen LogP contribution in [0.1, 0.15) is 24.2 Å². The lowest BCUT2D eigenvalue weighted by Crippen LogP contribution is -2.25. The number of amides is 1. The maximum Gasteiger partial charge on any atom is 0.280 e. The van der Waals surface area contributed by atoms with Crippen molar-refractivity contribution >= 4 is 5.91 Å². The molecule has 4 heteroatoms. The van der Waals surface area contributed by atoms with Gasteiger partial charge in [0.15, 0.2) is 0 Å². The number of hydrogen-bond donors (Lipinski definition) is 1. The Hall–Kier alpha value is -2.33. The number of hydrogen-bond acceptors (Lipinski definition) is 3. The Labute approximate surface area is 125 Å². The van der Waals surface area contributed by atoms with Gasteiger partial charge in [0.2, 0.25) is 0 Å². The molecule has 0 aliphatic heterocycles. The van der Waals surface area contributed by atoms with Gasteiger partial charge in [-0.2, -0.15) is 0 Å². The van der Waals surface area contributed by atoms with Crippen LogP contribution in [0, 0.1) is 0 Å². The number of phenolic OH excluding ortho intramolecular Hbond substituents is 1. The third-order valence-electron chi connectivity index (χ3n) is 2.91. The molecule has 0 fully saturated rings. The predicted octanol–water partition coefficient (Wildman–Crippen LogP) is 3.72. The highest BCUT2D eigenvalue weighted by Gasteiger charge is 2.18. The average molecular weight is 287 g/mol. The fourth-order valence-corrected chi connectivity index (χ4v) is 1.82. The van der Waals surface area contributed by atoms with E-state index in [1.54, 1.807) is 18.2 Å². The van der Waals surface area contributed by atoms with E-state index in [4.69, 9.17) is 4.84 Å². The standard InChI is InChI=1S/C15H15NO3.C2H6/c1-16(19-2)15(18)13-10-6-9-12(14(13)17)11-7-4-3-5-8-11;1-2/h3-10,17H,1-2H3;1-2H3. The molecular formula is C17H21NO3. The van der Waals surface area contributed by atoms with Crippen molar-refractivity contribution in [3.63, 3.8) is 0 Å². The smallest absolute Gasteiger partial charge is 0.280 e. The van der Waals surface area contributed by atoms with Crippen LogP contribution in [-0.2, 0) is 4.84 Å². The SMILES string of the molecule is CC.CON(C)C(=O)c1cccc(-c2ccccc2)c1O. The van der Waals surface area contributed by atoms with E-state index in [2.05, 4.69) is 0 Å². The maximum atomic E-state index is 12.0. The summed E-state index contributed by atoms with van der Waals surface area (Å²) in [5, 5.41) is 11.3. The van der Waals surface area contributed by atoms with E-state index in [-0.39, 0.29) is 11.3 Å². The zero-order valence-corrected chi connectivity index (χ0v) is 12.8. The largest absolute Gasteiger partial charge is 0.506 e. The number of nitrogens with zero attached hydrogens (tertiary/aromatic N) is 1. The van der Waals surface area contributed by atoms with Crippen molar-refractivity contribution in [1.82, 2.24) is 5.06 Å². The second kappa shape index (κ2) is 8.07. The average Bonchev–Trinajstić information content (AvgIpc) is 2.56. The Morgan fingerprint density at radius 3 is 2.24 bits per heavy atom. The van der Waals surface area contributed by atoms with Crippen molar-refractivity contribution in [2.45, 2.75) is 13.8 Å². The molecule has 0 bridgehead atoms. The molecule has 0 aliphatic rings. The van der Waals surface area contributed by atoms with E-state index in [0.717, 1.165) is 10.6 Å². The summed E-state index contributed by atoms with van der Waals surface area (Å²) >= 11 is 0. The first-order chi connectivity index (χ1) is 10.1. The van der Waals surface area contributed by atoms with Gasteiger partial charge in [0.05, 0.1) is 12.7 Å². The Morgan fingerprint density at radius 1 is 1.05 bits per heavy atom. The number of carbonyl (C=O) groups excluding carboxylic acids is 1. The van der Waals surface area contributed by atoms with Crippen LogP contribution in [0.5, 0.6) is 5.75 Å². The van der Waals surface area contributed by atoms with E-state index in [9.17, 15) is 9.90 Å². The van der Waals surface area contributed by atoms with Crippen molar-refractivity contribution in [3.8, 4) is 16.9 Å². The van der Waals surface area contributed by atoms with Gasteiger partial charge in [0, 0.05) is 12.6 Å². The Kier molecular flexibility index (Phi) is 6.43. The quantitative estimate of drug-likeness (QED) is 0.875. The molecule has 1 amide bonds. The first-order valence-electron chi connectivity index (χ1n) is 6.84. The minimum atomic E-state index is -0.391. The van der Waals surface area contributed by atoms with Gasteiger partial charge in [0.1, 0.15) is 5.75 Å². The summed E-state index contributed by atoms with van der Waals surface area (Å²) in [5.41, 5.74) is 1.69. The summed E-state index contributed by atoms with van der Waals surface area (Å²) in [6.45, 7) is 4.00. The van der Waals surface area contributed by atoms with Crippen LogP contribution in [0.25, 0.3) is 11.1 Å². The molecule has 0 heterocycles. The number of benzene rings is 2. The number of phenols is 1. The topological polar surface area (TPSA) is 49.8 Å². The van der Waals surface area contributed by atoms with Gasteiger partial charge in [-0.1, -0.05) is 56.3 Å². The van der Waals surface area contributed by atoms with Gasteiger partial charge < -0.3 is 5.11 Å². The lowest BCUT2D eigenvalue weighted by atomic mass is 10.0. The molecule has 0 saturated heterocycles. The van der Waals surface area contributed by atoms with Crippen molar-refractivity contribution in [3.05, 3.63) is 54.1 Å². The van der Waals surface area contributed by atoms with Gasteiger partial charge in [-0.05, 0) is 11.6 Å². The molecule has 4 nitrogen and oxygen atoms in total. The monoisotopic (exact) mass is 287 g/mol. The highest BCUT2D eigenvalue weighted by atomic mass is 16.7. The van der Waals surface area contributed by atoms with Crippen LogP contribution in [-0.4, -0.2) is 30.2 Å². The molecule has 0 aromatic heterocycles. The fourth-order valence-electron chi connectivity index (χ4n) is 1.82. The van der Waals surface area contributed by atoms with Crippen molar-refractivity contribution in [2.24, 2.45) is 0 Å². The van der Waals surface area contributed by atoms with Gasteiger partial charge in [-0.3, -0.25) is 9.63 Å². The van der Waals surface area contributed by atoms with Crippen molar-refractivity contribution < 1.29 is 14.7 Å². The van der Waals surface area contributed by atoms with Crippen LogP contribution < -0.4 is 0 Å². The van der Waals surface area contributed by atoms with Crippen LogP contribution in [0.2, 0.25) is 0 Å². The summed E-state index contributed by atoms with van der Waals surface area (Å²) in [5.74, 6) is -0.430. The Morgan fingerprint density at radius 2 is 1.67 bits per heavy atom.